The van der Waals surface area contributed by atoms with Crippen LogP contribution in [0.15, 0.2) is 39.1 Å². The Morgan fingerprint density at radius 3 is 2.26 bits per heavy atom. The molecule has 14 nitrogen and oxygen atoms in total. The van der Waals surface area contributed by atoms with Crippen molar-refractivity contribution in [2.24, 2.45) is 21.8 Å². The molecule has 2 aromatic heterocycles. The number of carbonyl (C=O) groups is 5. The van der Waals surface area contributed by atoms with Gasteiger partial charge in [0.25, 0.3) is 0 Å². The summed E-state index contributed by atoms with van der Waals surface area (Å²) >= 11 is -2.13. The maximum atomic E-state index is 13.8. The number of nitrogens with one attached hydrogen (secondary N) is 2. The molecule has 53 heavy (non-hydrogen) atoms. The summed E-state index contributed by atoms with van der Waals surface area (Å²) in [7, 11) is 0. The second kappa shape index (κ2) is 14.6. The molecule has 2 unspecified atom stereocenters. The molecule has 6 bridgehead atoms. The van der Waals surface area contributed by atoms with E-state index in [0.717, 1.165) is 44.4 Å². The predicted molar refractivity (Wildman–Crippen MR) is 201 cm³/mol. The molecule has 5 N–H and O–H groups in total. The van der Waals surface area contributed by atoms with Crippen LogP contribution in [0.4, 0.5) is 0 Å². The van der Waals surface area contributed by atoms with Gasteiger partial charge >= 0.3 is 317 Å². The van der Waals surface area contributed by atoms with Gasteiger partial charge in [-0.25, -0.2) is 0 Å². The summed E-state index contributed by atoms with van der Waals surface area (Å²) in [5.41, 5.74) is 8.40. The summed E-state index contributed by atoms with van der Waals surface area (Å²) in [6, 6.07) is 0. The van der Waals surface area contributed by atoms with Gasteiger partial charge in [-0.1, -0.05) is 0 Å². The van der Waals surface area contributed by atoms with Crippen molar-refractivity contribution in [3.63, 3.8) is 0 Å². The minimum atomic E-state index is -2.13. The predicted octanol–water partition coefficient (Wildman–Crippen LogP) is 2.28. The molecule has 2 amide bonds. The van der Waals surface area contributed by atoms with E-state index in [2.05, 4.69) is 33.0 Å². The number of rotatable bonds is 12. The van der Waals surface area contributed by atoms with Gasteiger partial charge in [0.15, 0.2) is 0 Å². The van der Waals surface area contributed by atoms with Crippen LogP contribution in [0.1, 0.15) is 84.9 Å². The van der Waals surface area contributed by atoms with Crippen molar-refractivity contribution in [2.75, 3.05) is 13.1 Å². The number of carboxylic acid groups (broad SMARTS) is 3. The van der Waals surface area contributed by atoms with Gasteiger partial charge < -0.3 is 0 Å². The Morgan fingerprint density at radius 2 is 1.62 bits per heavy atom. The molecule has 2 atom stereocenters. The fourth-order valence-electron chi connectivity index (χ4n) is 7.61. The Bertz CT molecular complexity index is 2330. The van der Waals surface area contributed by atoms with Crippen LogP contribution in [0.2, 0.25) is 0 Å². The average molecular weight is 827 g/mol. The first-order valence-corrected chi connectivity index (χ1v) is 19.8. The number of aromatic carboxylic acids is 1. The zero-order valence-corrected chi connectivity index (χ0v) is 32.9. The average Bonchev–Trinajstić information content (AvgIpc) is 3.75. The van der Waals surface area contributed by atoms with E-state index in [0.29, 0.717) is 40.4 Å². The molecule has 0 fully saturated rings. The monoisotopic (exact) mass is 828 g/mol. The summed E-state index contributed by atoms with van der Waals surface area (Å²) < 4.78 is 4.30. The topological polar surface area (TPSA) is 205 Å². The molecule has 15 heteroatoms. The van der Waals surface area contributed by atoms with Crippen LogP contribution < -0.4 is 21.3 Å². The first-order chi connectivity index (χ1) is 25.2. The molecule has 0 aromatic carbocycles. The van der Waals surface area contributed by atoms with Crippen molar-refractivity contribution in [1.29, 1.82) is 0 Å². The fraction of sp³-hybridized carbons (Fsp3) is 0.342. The van der Waals surface area contributed by atoms with Gasteiger partial charge in [0.05, 0.1) is 0 Å². The zero-order valence-electron chi connectivity index (χ0n) is 30.1. The van der Waals surface area contributed by atoms with E-state index in [9.17, 15) is 34.2 Å². The van der Waals surface area contributed by atoms with Crippen molar-refractivity contribution < 1.29 is 39.3 Å². The number of hydrogen-bond donors (Lipinski definition) is 5. The summed E-state index contributed by atoms with van der Waals surface area (Å²) in [4.78, 5) is 72.6. The molecular weight excluding hydrogens is 787 g/mol. The van der Waals surface area contributed by atoms with Crippen molar-refractivity contribution in [2.45, 2.75) is 60.3 Å². The second-order valence-electron chi connectivity index (χ2n) is 13.4. The first-order valence-electron chi connectivity index (χ1n) is 17.3. The number of hydrogen-bond acceptors (Lipinski definition) is 7. The van der Waals surface area contributed by atoms with Crippen LogP contribution in [-0.4, -0.2) is 96.8 Å². The molecule has 4 aliphatic rings. The summed E-state index contributed by atoms with van der Waals surface area (Å²) in [6.07, 6.45) is 8.18. The van der Waals surface area contributed by atoms with E-state index in [-0.39, 0.29) is 30.7 Å². The number of fused-ring (bicyclic) bond motifs is 2. The number of allylic oxidation sites excluding steroid dienone is 3. The number of aliphatic imine (C=N–C) groups is 2. The summed E-state index contributed by atoms with van der Waals surface area (Å²) in [5.74, 6) is -5.52. The third-order valence-corrected chi connectivity index (χ3v) is 14.2. The number of carbonyl (C=O) groups excluding carboxylic acids is 2. The van der Waals surface area contributed by atoms with Gasteiger partial charge in [0.1, 0.15) is 0 Å². The van der Waals surface area contributed by atoms with E-state index < -0.39 is 70.4 Å². The zero-order chi connectivity index (χ0) is 38.5. The Hall–Kier alpha value is -5.25. The molecule has 4 aliphatic heterocycles. The third-order valence-electron chi connectivity index (χ3n) is 10.4. The number of carboxylic acids is 3. The fourth-order valence-corrected chi connectivity index (χ4v) is 11.9. The van der Waals surface area contributed by atoms with Gasteiger partial charge in [0.2, 0.25) is 0 Å². The molecule has 0 saturated carbocycles. The molecular formula is C38H40N6O8Sn. The Labute approximate surface area is 315 Å². The summed E-state index contributed by atoms with van der Waals surface area (Å²) in [6.45, 7) is 12.9. The minimum absolute atomic E-state index is 0.00481. The third kappa shape index (κ3) is 6.75. The normalized spacial score (nSPS) is 18.3. The van der Waals surface area contributed by atoms with Crippen LogP contribution in [-0.2, 0) is 19.2 Å². The molecule has 2 aromatic rings. The molecule has 2 radical (unpaired) electrons. The molecule has 0 saturated heterocycles. The number of nitrogens with zero attached hydrogens (tertiary/aromatic N) is 4. The van der Waals surface area contributed by atoms with Crippen LogP contribution in [0, 0.1) is 25.7 Å². The molecule has 0 aliphatic carbocycles. The van der Waals surface area contributed by atoms with Gasteiger partial charge in [-0.05, 0) is 0 Å². The molecule has 6 rings (SSSR count). The molecule has 274 valence electrons. The van der Waals surface area contributed by atoms with Crippen molar-refractivity contribution in [3.8, 4) is 0 Å². The Kier molecular flexibility index (Phi) is 10.4. The van der Waals surface area contributed by atoms with E-state index >= 15 is 0 Å². The molecule has 6 heterocycles. The van der Waals surface area contributed by atoms with Gasteiger partial charge in [-0.15, -0.1) is 0 Å². The van der Waals surface area contributed by atoms with E-state index in [4.69, 9.17) is 15.1 Å². The van der Waals surface area contributed by atoms with Gasteiger partial charge in [-0.3, -0.25) is 0 Å². The maximum absolute atomic E-state index is 13.8. The SMILES string of the molecule is C=Cc1c(C)c2[n]3c1=CC1=NC(=Cc4c(C)c(C(=O)O)c([n]4[Sn]3)C(CC(=O)NCC(=O)NCC(=O)O)=C3N=C(C=2)C(C)C3CCC(=O)O)C(CC)=C1C. The summed E-state index contributed by atoms with van der Waals surface area (Å²) in [5, 5.41) is 36.2. The first kappa shape index (κ1) is 37.5. The quantitative estimate of drug-likeness (QED) is 0.201. The number of amides is 2. The van der Waals surface area contributed by atoms with Crippen molar-refractivity contribution >= 4 is 92.7 Å². The van der Waals surface area contributed by atoms with E-state index in [1.54, 1.807) is 6.92 Å². The van der Waals surface area contributed by atoms with Crippen LogP contribution >= 0.6 is 0 Å². The standard InChI is InChI=1S/C38H42N6O8.Sn/c1-7-21-17(3)25-12-27-19(5)23(9-10-33(47)48)36(43-27)24(11-31(45)39-15-32(46)40-16-34(49)50)37-35(38(51)52)20(6)28(44-37)14-30-22(8-2)18(4)26(42-30)13-29(21)41-25;/h7,12-14,19,23H,1,8-11,15-16H2,2-6H3,(H7,39,40,41,42,43,44,45,46,47,48,49,50,51,52);/q;+2/p-2. The second-order valence-corrected chi connectivity index (χ2v) is 16.6. The Morgan fingerprint density at radius 1 is 0.906 bits per heavy atom. The number of aliphatic carboxylic acids is 2. The van der Waals surface area contributed by atoms with Crippen LogP contribution in [0.3, 0.4) is 0 Å². The van der Waals surface area contributed by atoms with Crippen LogP contribution in [0.25, 0.3) is 29.9 Å². The van der Waals surface area contributed by atoms with Crippen molar-refractivity contribution in [3.05, 3.63) is 73.5 Å². The number of aromatic nitrogens is 2. The van der Waals surface area contributed by atoms with Crippen LogP contribution in [0.5, 0.6) is 0 Å². The Balaban J connectivity index is 1.70. The molecule has 0 spiro atoms. The van der Waals surface area contributed by atoms with E-state index in [1.165, 1.54) is 0 Å². The van der Waals surface area contributed by atoms with E-state index in [1.807, 2.05) is 41.8 Å². The van der Waals surface area contributed by atoms with Gasteiger partial charge in [0, 0.05) is 0 Å². The van der Waals surface area contributed by atoms with Crippen molar-refractivity contribution in [1.82, 2.24) is 16.2 Å². The van der Waals surface area contributed by atoms with Gasteiger partial charge in [-0.2, -0.15) is 0 Å².